The Bertz CT molecular complexity index is 1460. The van der Waals surface area contributed by atoms with Gasteiger partial charge in [-0.2, -0.15) is 0 Å². The molecule has 4 rings (SSSR count). The molecule has 17 heteroatoms. The van der Waals surface area contributed by atoms with Crippen LogP contribution in [0.15, 0.2) is 42.5 Å². The molecule has 4 atom stereocenters. The number of carbonyl (C=O) groups excluding carboxylic acids is 2. The first-order valence-electron chi connectivity index (χ1n) is 17.0. The summed E-state index contributed by atoms with van der Waals surface area (Å²) in [6.45, 7) is 2.63. The van der Waals surface area contributed by atoms with E-state index in [1.54, 1.807) is 19.1 Å². The van der Waals surface area contributed by atoms with Crippen LogP contribution in [0.5, 0.6) is 11.5 Å². The van der Waals surface area contributed by atoms with Gasteiger partial charge in [-0.25, -0.2) is 0 Å². The maximum atomic E-state index is 13.8. The number of hydrogen-bond acceptors (Lipinski definition) is 13. The minimum atomic E-state index is -1.23. The lowest BCUT2D eigenvalue weighted by atomic mass is 9.81. The van der Waals surface area contributed by atoms with Crippen molar-refractivity contribution in [1.82, 2.24) is 10.2 Å². The number of carbonyl (C=O) groups is 2. The Morgan fingerprint density at radius 2 is 1.86 bits per heavy atom. The molecule has 1 N–H and O–H groups in total. The molecule has 17 nitrogen and oxygen atoms in total. The Balaban J connectivity index is 1.54. The lowest BCUT2D eigenvalue weighted by molar-refractivity contribution is -0.790. The predicted molar refractivity (Wildman–Crippen MR) is 182 cm³/mol. The van der Waals surface area contributed by atoms with Crippen LogP contribution in [0.4, 0.5) is 5.69 Å². The Morgan fingerprint density at radius 1 is 1.08 bits per heavy atom. The molecule has 1 fully saturated rings. The molecular formula is C34H47N5O12. The van der Waals surface area contributed by atoms with Gasteiger partial charge in [-0.05, 0) is 61.1 Å². The van der Waals surface area contributed by atoms with E-state index < -0.39 is 35.0 Å². The standard InChI is InChI=1S/C34H47N5O12/c1-35-33(40)20-26-19-29(25-9-11-27(47-3)12-10-25)32(21-37(26)34(41)7-4-6-28(51-39(44)45)23-50-38(42)43)49-22-24-8-13-31-30(18-24)36(15-17-48-31)14-5-16-46-2/h8-13,18,26,28-29,32H,4-7,14-17,19-23H2,1-3H3,(H,35,40). The molecular weight excluding hydrogens is 670 g/mol. The van der Waals surface area contributed by atoms with Crippen LogP contribution in [0.1, 0.15) is 55.6 Å². The van der Waals surface area contributed by atoms with Crippen molar-refractivity contribution in [1.29, 1.82) is 0 Å². The molecule has 2 aromatic rings. The highest BCUT2D eigenvalue weighted by Crippen LogP contribution is 2.38. The number of methoxy groups -OCH3 is 2. The summed E-state index contributed by atoms with van der Waals surface area (Å²) in [5, 5.41) is 22.1. The maximum absolute atomic E-state index is 13.8. The molecule has 51 heavy (non-hydrogen) atoms. The van der Waals surface area contributed by atoms with Gasteiger partial charge in [0.2, 0.25) is 11.8 Å². The van der Waals surface area contributed by atoms with Crippen LogP contribution < -0.4 is 19.7 Å². The number of hydrogen-bond donors (Lipinski definition) is 1. The Morgan fingerprint density at radius 3 is 2.55 bits per heavy atom. The average molecular weight is 718 g/mol. The second-order valence-corrected chi connectivity index (χ2v) is 12.4. The smallest absolute Gasteiger partial charge is 0.294 e. The molecule has 2 aromatic carbocycles. The van der Waals surface area contributed by atoms with Gasteiger partial charge in [-0.15, -0.1) is 20.2 Å². The van der Waals surface area contributed by atoms with Crippen molar-refractivity contribution in [2.45, 2.75) is 69.3 Å². The van der Waals surface area contributed by atoms with Crippen molar-refractivity contribution in [3.05, 3.63) is 73.8 Å². The summed E-state index contributed by atoms with van der Waals surface area (Å²) in [4.78, 5) is 60.7. The van der Waals surface area contributed by atoms with E-state index in [0.29, 0.717) is 25.4 Å². The van der Waals surface area contributed by atoms with Crippen molar-refractivity contribution in [3.63, 3.8) is 0 Å². The summed E-state index contributed by atoms with van der Waals surface area (Å²) >= 11 is 0. The first-order valence-corrected chi connectivity index (χ1v) is 17.0. The second kappa shape index (κ2) is 19.5. The number of anilines is 1. The zero-order valence-corrected chi connectivity index (χ0v) is 29.2. The van der Waals surface area contributed by atoms with E-state index in [2.05, 4.69) is 26.0 Å². The quantitative estimate of drug-likeness (QED) is 0.119. The number of piperidine rings is 1. The molecule has 2 amide bonds. The van der Waals surface area contributed by atoms with Gasteiger partial charge >= 0.3 is 0 Å². The highest BCUT2D eigenvalue weighted by molar-refractivity contribution is 5.80. The summed E-state index contributed by atoms with van der Waals surface area (Å²) in [5.41, 5.74) is 2.89. The summed E-state index contributed by atoms with van der Waals surface area (Å²) in [6, 6.07) is 13.2. The minimum Gasteiger partial charge on any atom is -0.497 e. The average Bonchev–Trinajstić information content (AvgIpc) is 3.12. The van der Waals surface area contributed by atoms with Gasteiger partial charge in [0.1, 0.15) is 30.8 Å². The van der Waals surface area contributed by atoms with Crippen LogP contribution in [0, 0.1) is 20.2 Å². The molecule has 1 saturated heterocycles. The lowest BCUT2D eigenvalue weighted by Gasteiger charge is -2.44. The monoisotopic (exact) mass is 717 g/mol. The first-order chi connectivity index (χ1) is 24.6. The van der Waals surface area contributed by atoms with Crippen LogP contribution in [-0.2, 0) is 35.3 Å². The fourth-order valence-electron chi connectivity index (χ4n) is 6.53. The van der Waals surface area contributed by atoms with E-state index in [1.807, 2.05) is 36.4 Å². The third-order valence-corrected chi connectivity index (χ3v) is 9.10. The second-order valence-electron chi connectivity index (χ2n) is 12.4. The van der Waals surface area contributed by atoms with E-state index in [-0.39, 0.29) is 56.6 Å². The zero-order chi connectivity index (χ0) is 36.8. The maximum Gasteiger partial charge on any atom is 0.294 e. The summed E-state index contributed by atoms with van der Waals surface area (Å²) in [7, 11) is 4.81. The van der Waals surface area contributed by atoms with Crippen molar-refractivity contribution in [3.8, 4) is 11.5 Å². The molecule has 0 radical (unpaired) electrons. The molecule has 0 spiro atoms. The topological polar surface area (TPSA) is 194 Å². The summed E-state index contributed by atoms with van der Waals surface area (Å²) in [5.74, 6) is 0.825. The number of rotatable bonds is 20. The van der Waals surface area contributed by atoms with E-state index in [9.17, 15) is 29.8 Å². The van der Waals surface area contributed by atoms with Gasteiger partial charge in [0.15, 0.2) is 0 Å². The highest BCUT2D eigenvalue weighted by Gasteiger charge is 2.40. The number of benzene rings is 2. The molecule has 0 aromatic heterocycles. The lowest BCUT2D eigenvalue weighted by Crippen LogP contribution is -2.53. The molecule has 0 bridgehead atoms. The van der Waals surface area contributed by atoms with Gasteiger partial charge < -0.3 is 43.7 Å². The minimum absolute atomic E-state index is 0.0343. The number of ether oxygens (including phenoxy) is 4. The van der Waals surface area contributed by atoms with Gasteiger partial charge in [0.25, 0.3) is 10.2 Å². The van der Waals surface area contributed by atoms with Gasteiger partial charge in [0, 0.05) is 58.7 Å². The predicted octanol–water partition coefficient (Wildman–Crippen LogP) is 3.29. The Labute approximate surface area is 296 Å². The van der Waals surface area contributed by atoms with Crippen LogP contribution in [-0.4, -0.2) is 106 Å². The fraction of sp³-hybridized carbons (Fsp3) is 0.588. The molecule has 0 aliphatic carbocycles. The van der Waals surface area contributed by atoms with Crippen molar-refractivity contribution < 1.29 is 48.4 Å². The molecule has 280 valence electrons. The number of amides is 2. The normalized spacial score (nSPS) is 18.9. The number of nitrogens with one attached hydrogen (secondary N) is 1. The molecule has 2 aliphatic heterocycles. The third-order valence-electron chi connectivity index (χ3n) is 9.10. The van der Waals surface area contributed by atoms with Crippen molar-refractivity contribution in [2.75, 3.05) is 65.6 Å². The van der Waals surface area contributed by atoms with Crippen LogP contribution in [0.3, 0.4) is 0 Å². The van der Waals surface area contributed by atoms with Crippen molar-refractivity contribution >= 4 is 17.5 Å². The Kier molecular flexibility index (Phi) is 14.9. The summed E-state index contributed by atoms with van der Waals surface area (Å²) in [6.07, 6.45) is -0.244. The number of likely N-dealkylation sites (tertiary alicyclic amines) is 1. The zero-order valence-electron chi connectivity index (χ0n) is 29.2. The van der Waals surface area contributed by atoms with E-state index in [4.69, 9.17) is 18.9 Å². The van der Waals surface area contributed by atoms with Gasteiger partial charge in [0.05, 0.1) is 32.1 Å². The van der Waals surface area contributed by atoms with Crippen LogP contribution in [0.2, 0.25) is 0 Å². The van der Waals surface area contributed by atoms with E-state index in [1.165, 1.54) is 7.05 Å². The molecule has 0 saturated carbocycles. The number of fused-ring (bicyclic) bond motifs is 1. The van der Waals surface area contributed by atoms with E-state index >= 15 is 0 Å². The number of nitrogens with zero attached hydrogens (tertiary/aromatic N) is 4. The fourth-order valence-corrected chi connectivity index (χ4v) is 6.53. The third kappa shape index (κ3) is 11.6. The van der Waals surface area contributed by atoms with Gasteiger partial charge in [-0.1, -0.05) is 18.2 Å². The highest BCUT2D eigenvalue weighted by atomic mass is 17.0. The van der Waals surface area contributed by atoms with Crippen LogP contribution >= 0.6 is 0 Å². The Hall–Kier alpha value is -4.90. The summed E-state index contributed by atoms with van der Waals surface area (Å²) < 4.78 is 23.2. The molecule has 2 aliphatic rings. The van der Waals surface area contributed by atoms with Gasteiger partial charge in [-0.3, -0.25) is 9.59 Å². The van der Waals surface area contributed by atoms with Crippen LogP contribution in [0.25, 0.3) is 0 Å². The van der Waals surface area contributed by atoms with Crippen molar-refractivity contribution in [2.24, 2.45) is 0 Å². The SMILES string of the molecule is CNC(=O)CC1CC(c2ccc(OC)cc2)C(OCc2ccc3c(c2)N(CCCOC)CCO3)CN1C(=O)CCCC(CO[N+](=O)[O-])O[N+](=O)[O-]. The first kappa shape index (κ1) is 38.9. The molecule has 4 unspecified atom stereocenters. The largest absolute Gasteiger partial charge is 0.497 e. The molecule has 2 heterocycles. The van der Waals surface area contributed by atoms with E-state index in [0.717, 1.165) is 42.1 Å².